The quantitative estimate of drug-likeness (QED) is 0.0804. The van der Waals surface area contributed by atoms with Crippen LogP contribution in [-0.4, -0.2) is 104 Å². The SMILES string of the molecule is CC(C)C[C@@H](NC(=O)CC[C@@H](C)[C@H]1CCC2C3C(C[C@H](O)[C@@]21C)[C@@]1(C)CC[C@@H](O)CC1C[C@H]3O)C(=O)N[C@@H](C(=O)N[C@H](Cc1ccccc1)C(=O)N[C@H](Cc1ccccc1)C(=O)N[C@H](C)C(=O)O)C(C)C. The Labute approximate surface area is 420 Å². The van der Waals surface area contributed by atoms with Crippen LogP contribution in [-0.2, 0) is 41.6 Å². The molecule has 0 saturated heterocycles. The highest BCUT2D eigenvalue weighted by molar-refractivity contribution is 5.96. The van der Waals surface area contributed by atoms with Crippen molar-refractivity contribution in [2.24, 2.45) is 58.2 Å². The lowest BCUT2D eigenvalue weighted by Crippen LogP contribution is -2.62. The van der Waals surface area contributed by atoms with Crippen molar-refractivity contribution < 1.29 is 49.2 Å². The van der Waals surface area contributed by atoms with Crippen LogP contribution in [0.2, 0.25) is 0 Å². The maximum absolute atomic E-state index is 14.3. The van der Waals surface area contributed by atoms with E-state index in [1.54, 1.807) is 62.4 Å². The molecule has 15 heteroatoms. The highest BCUT2D eigenvalue weighted by Gasteiger charge is 2.65. The first-order valence-corrected chi connectivity index (χ1v) is 26.4. The number of carbonyl (C=O) groups excluding carboxylic acids is 5. The van der Waals surface area contributed by atoms with E-state index >= 15 is 0 Å². The predicted octanol–water partition coefficient (Wildman–Crippen LogP) is 5.08. The number of carboxylic acid groups (broad SMARTS) is 1. The van der Waals surface area contributed by atoms with Crippen molar-refractivity contribution in [2.45, 2.75) is 181 Å². The number of hydrogen-bond acceptors (Lipinski definition) is 9. The number of hydrogen-bond donors (Lipinski definition) is 9. The zero-order valence-electron chi connectivity index (χ0n) is 43.2. The summed E-state index contributed by atoms with van der Waals surface area (Å²) in [6, 6.07) is 12.3. The number of aliphatic hydroxyl groups is 3. The number of rotatable bonds is 21. The Hall–Kier alpha value is -4.86. The fourth-order valence-electron chi connectivity index (χ4n) is 13.5. The highest BCUT2D eigenvalue weighted by Crippen LogP contribution is 2.68. The van der Waals surface area contributed by atoms with E-state index in [4.69, 9.17) is 0 Å². The van der Waals surface area contributed by atoms with E-state index in [1.165, 1.54) is 6.92 Å². The van der Waals surface area contributed by atoms with Crippen molar-refractivity contribution in [1.29, 1.82) is 0 Å². The molecular formula is C56H83N5O10. The minimum Gasteiger partial charge on any atom is -0.480 e. The van der Waals surface area contributed by atoms with Crippen molar-refractivity contribution in [3.8, 4) is 0 Å². The summed E-state index contributed by atoms with van der Waals surface area (Å²) in [6.45, 7) is 15.4. The van der Waals surface area contributed by atoms with E-state index in [9.17, 15) is 49.2 Å². The molecule has 0 bridgehead atoms. The molecule has 16 atom stereocenters. The molecule has 6 rings (SSSR count). The van der Waals surface area contributed by atoms with Gasteiger partial charge in [0.1, 0.15) is 30.2 Å². The van der Waals surface area contributed by atoms with Crippen LogP contribution in [0.1, 0.15) is 131 Å². The number of nitrogens with one attached hydrogen (secondary N) is 5. The number of aliphatic hydroxyl groups excluding tert-OH is 3. The minimum atomic E-state index is -1.24. The molecule has 9 N–H and O–H groups in total. The van der Waals surface area contributed by atoms with Crippen LogP contribution in [0.3, 0.4) is 0 Å². The Morgan fingerprint density at radius 2 is 1.21 bits per heavy atom. The van der Waals surface area contributed by atoms with Crippen LogP contribution in [0, 0.1) is 58.2 Å². The van der Waals surface area contributed by atoms with Crippen molar-refractivity contribution in [1.82, 2.24) is 26.6 Å². The van der Waals surface area contributed by atoms with Gasteiger partial charge in [0.25, 0.3) is 0 Å². The highest BCUT2D eigenvalue weighted by atomic mass is 16.4. The molecule has 4 unspecified atom stereocenters. The van der Waals surface area contributed by atoms with Gasteiger partial charge in [0.15, 0.2) is 0 Å². The molecule has 0 radical (unpaired) electrons. The van der Waals surface area contributed by atoms with Crippen LogP contribution in [0.5, 0.6) is 0 Å². The lowest BCUT2D eigenvalue weighted by atomic mass is 9.43. The third-order valence-corrected chi connectivity index (χ3v) is 17.5. The Bertz CT molecular complexity index is 2160. The molecule has 0 aliphatic heterocycles. The van der Waals surface area contributed by atoms with Gasteiger partial charge in [-0.15, -0.1) is 0 Å². The molecule has 0 heterocycles. The maximum Gasteiger partial charge on any atom is 0.325 e. The Morgan fingerprint density at radius 3 is 1.77 bits per heavy atom. The summed E-state index contributed by atoms with van der Waals surface area (Å²) in [7, 11) is 0. The second-order valence-corrected chi connectivity index (χ2v) is 23.1. The first-order valence-electron chi connectivity index (χ1n) is 26.4. The van der Waals surface area contributed by atoms with E-state index in [-0.39, 0.29) is 78.1 Å². The Morgan fingerprint density at radius 1 is 0.648 bits per heavy atom. The fraction of sp³-hybridized carbons (Fsp3) is 0.679. The summed E-state index contributed by atoms with van der Waals surface area (Å²) in [5.41, 5.74) is 1.00. The minimum absolute atomic E-state index is 0.00751. The van der Waals surface area contributed by atoms with E-state index < -0.39 is 83.3 Å². The standard InChI is InChI=1S/C56H83N5O10/c1-31(2)25-42(58-47(65)22-19-33(5)39-20-21-40-48-41(30-46(64)56(39,40)8)55(7)24-23-38(62)28-37(55)29-45(48)63)52(68)61-49(32(3)4)53(69)60-44(27-36-17-13-10-14-18-36)51(67)59-43(26-35-15-11-9-12-16-35)50(66)57-34(6)54(70)71/h9-18,31-34,37-46,48-49,62-64H,19-30H2,1-8H3,(H,57,66)(H,58,65)(H,59,67)(H,60,69)(H,61,68)(H,70,71)/t33-,34-,37?,38-,39-,40?,41?,42-,43-,44-,45-,46+,48?,49-,55+,56-/m1/s1. The summed E-state index contributed by atoms with van der Waals surface area (Å²) in [5.74, 6) is -3.63. The maximum atomic E-state index is 14.3. The second kappa shape index (κ2) is 23.8. The summed E-state index contributed by atoms with van der Waals surface area (Å²) < 4.78 is 0. The normalized spacial score (nSPS) is 30.5. The third kappa shape index (κ3) is 13.0. The van der Waals surface area contributed by atoms with Crippen LogP contribution >= 0.6 is 0 Å². The van der Waals surface area contributed by atoms with Crippen LogP contribution in [0.15, 0.2) is 60.7 Å². The molecule has 392 valence electrons. The molecular weight excluding hydrogens is 903 g/mol. The van der Waals surface area contributed by atoms with Crippen molar-refractivity contribution >= 4 is 35.5 Å². The summed E-state index contributed by atoms with van der Waals surface area (Å²) in [6.07, 6.45) is 5.27. The number of benzene rings is 2. The number of fused-ring (bicyclic) bond motifs is 5. The van der Waals surface area contributed by atoms with E-state index in [0.29, 0.717) is 37.7 Å². The molecule has 71 heavy (non-hydrogen) atoms. The molecule has 5 amide bonds. The van der Waals surface area contributed by atoms with Gasteiger partial charge in [0.2, 0.25) is 29.5 Å². The summed E-state index contributed by atoms with van der Waals surface area (Å²) >= 11 is 0. The molecule has 0 aromatic heterocycles. The fourth-order valence-corrected chi connectivity index (χ4v) is 13.5. The molecule has 15 nitrogen and oxygen atoms in total. The van der Waals surface area contributed by atoms with Crippen LogP contribution < -0.4 is 26.6 Å². The van der Waals surface area contributed by atoms with Gasteiger partial charge in [-0.05, 0) is 134 Å². The molecule has 4 saturated carbocycles. The number of carbonyl (C=O) groups is 6. The van der Waals surface area contributed by atoms with E-state index in [1.807, 2.05) is 26.0 Å². The van der Waals surface area contributed by atoms with Crippen molar-refractivity contribution in [3.63, 3.8) is 0 Å². The smallest absolute Gasteiger partial charge is 0.325 e. The molecule has 2 aromatic carbocycles. The lowest BCUT2D eigenvalue weighted by Gasteiger charge is -2.63. The second-order valence-electron chi connectivity index (χ2n) is 23.1. The lowest BCUT2D eigenvalue weighted by molar-refractivity contribution is -0.207. The first kappa shape index (κ1) is 55.5. The van der Waals surface area contributed by atoms with Crippen LogP contribution in [0.25, 0.3) is 0 Å². The zero-order chi connectivity index (χ0) is 51.9. The molecule has 4 fully saturated rings. The van der Waals surface area contributed by atoms with Crippen molar-refractivity contribution in [2.75, 3.05) is 0 Å². The molecule has 0 spiro atoms. The predicted molar refractivity (Wildman–Crippen MR) is 270 cm³/mol. The number of aliphatic carboxylic acids is 1. The van der Waals surface area contributed by atoms with Gasteiger partial charge in [-0.2, -0.15) is 0 Å². The molecule has 4 aliphatic carbocycles. The Balaban J connectivity index is 1.10. The monoisotopic (exact) mass is 986 g/mol. The van der Waals surface area contributed by atoms with Gasteiger partial charge in [0.05, 0.1) is 18.3 Å². The summed E-state index contributed by atoms with van der Waals surface area (Å²) in [5, 5.41) is 57.7. The van der Waals surface area contributed by atoms with Crippen molar-refractivity contribution in [3.05, 3.63) is 71.8 Å². The zero-order valence-corrected chi connectivity index (χ0v) is 43.2. The van der Waals surface area contributed by atoms with Crippen LogP contribution in [0.4, 0.5) is 0 Å². The number of carboxylic acids is 1. The Kier molecular flexibility index (Phi) is 18.6. The van der Waals surface area contributed by atoms with Gasteiger partial charge >= 0.3 is 5.97 Å². The first-order chi connectivity index (χ1) is 33.5. The number of amides is 5. The van der Waals surface area contributed by atoms with Gasteiger partial charge in [-0.25, -0.2) is 0 Å². The van der Waals surface area contributed by atoms with Gasteiger partial charge in [-0.1, -0.05) is 109 Å². The topological polar surface area (TPSA) is 243 Å². The third-order valence-electron chi connectivity index (χ3n) is 17.5. The van der Waals surface area contributed by atoms with E-state index in [0.717, 1.165) is 31.2 Å². The van der Waals surface area contributed by atoms with Gasteiger partial charge in [-0.3, -0.25) is 28.8 Å². The average molecular weight is 986 g/mol. The molecule has 4 aliphatic rings. The van der Waals surface area contributed by atoms with E-state index in [2.05, 4.69) is 47.4 Å². The summed E-state index contributed by atoms with van der Waals surface area (Å²) in [4.78, 5) is 81.6. The average Bonchev–Trinajstić information content (AvgIpc) is 3.68. The largest absolute Gasteiger partial charge is 0.480 e. The molecule has 2 aromatic rings. The van der Waals surface area contributed by atoms with Gasteiger partial charge < -0.3 is 47.0 Å². The van der Waals surface area contributed by atoms with Gasteiger partial charge in [0, 0.05) is 19.3 Å².